The SMILES string of the molecule is Nc1cccc(-c2ccc(-c3nc(-c4ccccc4)nc(-c4cccc5c4-c4ccccc4C54c5ccccc5Oc5ccccc54)n3)cc2)c1. The maximum atomic E-state index is 6.54. The summed E-state index contributed by atoms with van der Waals surface area (Å²) in [7, 11) is 0. The maximum Gasteiger partial charge on any atom is 0.164 e. The quantitative estimate of drug-likeness (QED) is 0.191. The van der Waals surface area contributed by atoms with E-state index in [1.807, 2.05) is 60.7 Å². The third-order valence-electron chi connectivity index (χ3n) is 10.1. The van der Waals surface area contributed by atoms with Gasteiger partial charge in [-0.25, -0.2) is 15.0 Å². The molecule has 7 aromatic carbocycles. The summed E-state index contributed by atoms with van der Waals surface area (Å²) in [6, 6.07) is 58.5. The molecule has 2 N–H and O–H groups in total. The predicted octanol–water partition coefficient (Wildman–Crippen LogP) is 10.6. The Morgan fingerprint density at radius 3 is 1.61 bits per heavy atom. The van der Waals surface area contributed by atoms with Gasteiger partial charge in [-0.05, 0) is 57.6 Å². The Bertz CT molecular complexity index is 2590. The molecule has 5 nitrogen and oxygen atoms in total. The van der Waals surface area contributed by atoms with Crippen molar-refractivity contribution < 1.29 is 4.74 Å². The summed E-state index contributed by atoms with van der Waals surface area (Å²) in [6.07, 6.45) is 0. The maximum absolute atomic E-state index is 6.54. The van der Waals surface area contributed by atoms with Crippen molar-refractivity contribution in [2.24, 2.45) is 0 Å². The van der Waals surface area contributed by atoms with Crippen LogP contribution in [-0.4, -0.2) is 15.0 Å². The lowest BCUT2D eigenvalue weighted by Crippen LogP contribution is -2.32. The first-order valence-electron chi connectivity index (χ1n) is 17.1. The van der Waals surface area contributed by atoms with E-state index >= 15 is 0 Å². The Kier molecular flexibility index (Phi) is 6.48. The molecule has 8 aromatic rings. The van der Waals surface area contributed by atoms with Gasteiger partial charge in [-0.3, -0.25) is 0 Å². The van der Waals surface area contributed by atoms with Gasteiger partial charge >= 0.3 is 0 Å². The number of hydrogen-bond donors (Lipinski definition) is 1. The monoisotopic (exact) mass is 654 g/mol. The van der Waals surface area contributed by atoms with Gasteiger partial charge in [0.2, 0.25) is 0 Å². The number of nitrogen functional groups attached to an aromatic ring is 1. The van der Waals surface area contributed by atoms with Crippen molar-refractivity contribution in [1.82, 2.24) is 15.0 Å². The number of fused-ring (bicyclic) bond motifs is 9. The highest BCUT2D eigenvalue weighted by Gasteiger charge is 2.51. The number of benzene rings is 7. The molecular formula is C46H30N4O. The second kappa shape index (κ2) is 11.4. The van der Waals surface area contributed by atoms with E-state index in [1.165, 1.54) is 11.1 Å². The summed E-state index contributed by atoms with van der Waals surface area (Å²) < 4.78 is 6.54. The van der Waals surface area contributed by atoms with E-state index in [-0.39, 0.29) is 0 Å². The number of aromatic nitrogens is 3. The molecule has 0 saturated heterocycles. The minimum Gasteiger partial charge on any atom is -0.457 e. The summed E-state index contributed by atoms with van der Waals surface area (Å²) in [5.74, 6) is 3.57. The standard InChI is InChI=1S/C46H30N4O/c47-33-15-10-14-32(28-33)29-24-26-31(27-25-29)44-48-43(30-12-2-1-3-13-30)49-45(50-44)35-17-11-21-39-42(35)34-16-4-5-18-36(34)46(39)37-19-6-8-22-40(37)51-41-23-9-7-20-38(41)46/h1-28H,47H2. The molecule has 1 aliphatic heterocycles. The van der Waals surface area contributed by atoms with Gasteiger partial charge in [-0.2, -0.15) is 0 Å². The average molecular weight is 655 g/mol. The largest absolute Gasteiger partial charge is 0.457 e. The first-order chi connectivity index (χ1) is 25.2. The minimum atomic E-state index is -0.581. The molecule has 2 heterocycles. The highest BCUT2D eigenvalue weighted by Crippen LogP contribution is 2.63. The minimum absolute atomic E-state index is 0.581. The van der Waals surface area contributed by atoms with Crippen LogP contribution in [0.15, 0.2) is 170 Å². The molecule has 5 heteroatoms. The normalized spacial score (nSPS) is 13.1. The molecule has 0 atom stereocenters. The molecule has 240 valence electrons. The fraction of sp³-hybridized carbons (Fsp3) is 0.0217. The average Bonchev–Trinajstić information content (AvgIpc) is 3.49. The van der Waals surface area contributed by atoms with Crippen LogP contribution < -0.4 is 10.5 Å². The lowest BCUT2D eigenvalue weighted by molar-refractivity contribution is 0.436. The molecule has 0 saturated carbocycles. The zero-order chi connectivity index (χ0) is 33.9. The number of anilines is 1. The smallest absolute Gasteiger partial charge is 0.164 e. The van der Waals surface area contributed by atoms with Crippen LogP contribution in [0.5, 0.6) is 11.5 Å². The Morgan fingerprint density at radius 2 is 0.902 bits per heavy atom. The summed E-state index contributed by atoms with van der Waals surface area (Å²) in [6.45, 7) is 0. The van der Waals surface area contributed by atoms with Crippen LogP contribution in [0.3, 0.4) is 0 Å². The summed E-state index contributed by atoms with van der Waals surface area (Å²) in [5, 5.41) is 0. The summed E-state index contributed by atoms with van der Waals surface area (Å²) in [4.78, 5) is 15.4. The molecule has 1 aromatic heterocycles. The van der Waals surface area contributed by atoms with Crippen molar-refractivity contribution in [3.05, 3.63) is 192 Å². The summed E-state index contributed by atoms with van der Waals surface area (Å²) >= 11 is 0. The third kappa shape index (κ3) is 4.45. The van der Waals surface area contributed by atoms with Gasteiger partial charge in [0.15, 0.2) is 17.5 Å². The van der Waals surface area contributed by atoms with Crippen molar-refractivity contribution in [1.29, 1.82) is 0 Å². The Labute approximate surface area is 295 Å². The van der Waals surface area contributed by atoms with Crippen molar-refractivity contribution in [3.63, 3.8) is 0 Å². The first-order valence-corrected chi connectivity index (χ1v) is 17.1. The van der Waals surface area contributed by atoms with Gasteiger partial charge in [-0.1, -0.05) is 146 Å². The summed E-state index contributed by atoms with van der Waals surface area (Å²) in [5.41, 5.74) is 18.1. The van der Waals surface area contributed by atoms with Crippen molar-refractivity contribution >= 4 is 5.69 Å². The van der Waals surface area contributed by atoms with Gasteiger partial charge in [0, 0.05) is 33.5 Å². The highest BCUT2D eigenvalue weighted by atomic mass is 16.5. The Hall–Kier alpha value is -6.85. The van der Waals surface area contributed by atoms with Crippen LogP contribution in [-0.2, 0) is 5.41 Å². The van der Waals surface area contributed by atoms with Crippen LogP contribution in [0.4, 0.5) is 5.69 Å². The number of ether oxygens (including phenoxy) is 1. The molecule has 1 aliphatic carbocycles. The molecule has 0 fully saturated rings. The fourth-order valence-electron chi connectivity index (χ4n) is 7.96. The zero-order valence-electron chi connectivity index (χ0n) is 27.5. The zero-order valence-corrected chi connectivity index (χ0v) is 27.5. The van der Waals surface area contributed by atoms with Crippen LogP contribution >= 0.6 is 0 Å². The van der Waals surface area contributed by atoms with Gasteiger partial charge < -0.3 is 10.5 Å². The number of hydrogen-bond acceptors (Lipinski definition) is 5. The molecule has 51 heavy (non-hydrogen) atoms. The van der Waals surface area contributed by atoms with E-state index in [1.54, 1.807) is 0 Å². The molecular weight excluding hydrogens is 625 g/mol. The van der Waals surface area contributed by atoms with Crippen molar-refractivity contribution in [3.8, 4) is 67.9 Å². The molecule has 0 bridgehead atoms. The van der Waals surface area contributed by atoms with E-state index in [4.69, 9.17) is 25.4 Å². The van der Waals surface area contributed by atoms with E-state index in [2.05, 4.69) is 109 Å². The van der Waals surface area contributed by atoms with E-state index < -0.39 is 5.41 Å². The number of para-hydroxylation sites is 2. The lowest BCUT2D eigenvalue weighted by Gasteiger charge is -2.39. The molecule has 10 rings (SSSR count). The van der Waals surface area contributed by atoms with E-state index in [0.29, 0.717) is 17.5 Å². The lowest BCUT2D eigenvalue weighted by atomic mass is 9.66. The number of nitrogens with two attached hydrogens (primary N) is 1. The van der Waals surface area contributed by atoms with Gasteiger partial charge in [0.25, 0.3) is 0 Å². The van der Waals surface area contributed by atoms with E-state index in [9.17, 15) is 0 Å². The van der Waals surface area contributed by atoms with E-state index in [0.717, 1.165) is 67.3 Å². The molecule has 2 aliphatic rings. The highest BCUT2D eigenvalue weighted by molar-refractivity contribution is 5.95. The van der Waals surface area contributed by atoms with Crippen molar-refractivity contribution in [2.45, 2.75) is 5.41 Å². The van der Waals surface area contributed by atoms with Gasteiger partial charge in [0.05, 0.1) is 5.41 Å². The van der Waals surface area contributed by atoms with Crippen LogP contribution in [0, 0.1) is 0 Å². The first kappa shape index (κ1) is 29.1. The van der Waals surface area contributed by atoms with Crippen LogP contribution in [0.1, 0.15) is 22.3 Å². The number of rotatable bonds is 4. The van der Waals surface area contributed by atoms with Crippen LogP contribution in [0.2, 0.25) is 0 Å². The van der Waals surface area contributed by atoms with Crippen LogP contribution in [0.25, 0.3) is 56.4 Å². The second-order valence-corrected chi connectivity index (χ2v) is 13.0. The Balaban J connectivity index is 1.21. The molecule has 0 radical (unpaired) electrons. The predicted molar refractivity (Wildman–Crippen MR) is 203 cm³/mol. The fourth-order valence-corrected chi connectivity index (χ4v) is 7.96. The topological polar surface area (TPSA) is 73.9 Å². The third-order valence-corrected chi connectivity index (χ3v) is 10.1. The Morgan fingerprint density at radius 1 is 0.392 bits per heavy atom. The van der Waals surface area contributed by atoms with Gasteiger partial charge in [0.1, 0.15) is 11.5 Å². The molecule has 0 unspecified atom stereocenters. The van der Waals surface area contributed by atoms with Gasteiger partial charge in [-0.15, -0.1) is 0 Å². The molecule has 0 amide bonds. The van der Waals surface area contributed by atoms with Crippen molar-refractivity contribution in [2.75, 3.05) is 5.73 Å². The molecule has 1 spiro atoms. The number of nitrogens with zero attached hydrogens (tertiary/aromatic N) is 3. The second-order valence-electron chi connectivity index (χ2n) is 13.0.